The van der Waals surface area contributed by atoms with Crippen molar-refractivity contribution in [2.75, 3.05) is 37.5 Å². The second-order valence-corrected chi connectivity index (χ2v) is 16.2. The van der Waals surface area contributed by atoms with Crippen molar-refractivity contribution in [3.05, 3.63) is 30.3 Å². The first-order valence-corrected chi connectivity index (χ1v) is 18.7. The SMILES string of the molecule is CCCCP(CCCC)(CCCC)=C(C(=O)O)N1C(=O)[C@@H](NC(=O)COc2ccccc2)[C@H]1SCC(=O)C1CCOC1=O. The predicted molar refractivity (Wildman–Crippen MR) is 170 cm³/mol. The molecular weight excluding hydrogens is 591 g/mol. The van der Waals surface area contributed by atoms with Crippen LogP contribution in [0.4, 0.5) is 0 Å². The van der Waals surface area contributed by atoms with Crippen LogP contribution in [0.3, 0.4) is 0 Å². The van der Waals surface area contributed by atoms with Gasteiger partial charge in [0.1, 0.15) is 28.5 Å². The van der Waals surface area contributed by atoms with Gasteiger partial charge in [0, 0.05) is 6.42 Å². The van der Waals surface area contributed by atoms with Crippen LogP contribution in [0, 0.1) is 5.92 Å². The highest BCUT2D eigenvalue weighted by Crippen LogP contribution is 2.54. The summed E-state index contributed by atoms with van der Waals surface area (Å²) in [4.78, 5) is 66.1. The van der Waals surface area contributed by atoms with Crippen molar-refractivity contribution in [1.82, 2.24) is 10.2 Å². The van der Waals surface area contributed by atoms with E-state index in [4.69, 9.17) is 9.47 Å². The van der Waals surface area contributed by atoms with E-state index in [1.807, 2.05) is 6.07 Å². The molecule has 0 aromatic heterocycles. The number of carboxylic acid groups (broad SMARTS) is 1. The Morgan fingerprint density at radius 1 is 1.02 bits per heavy atom. The molecule has 12 heteroatoms. The molecule has 1 aromatic rings. The van der Waals surface area contributed by atoms with Crippen LogP contribution < -0.4 is 10.1 Å². The number of carbonyl (C=O) groups is 5. The van der Waals surface area contributed by atoms with Crippen molar-refractivity contribution in [1.29, 1.82) is 0 Å². The number of carbonyl (C=O) groups excluding carboxylic acids is 4. The maximum absolute atomic E-state index is 13.8. The molecule has 2 aliphatic heterocycles. The monoisotopic (exact) mass is 636 g/mol. The molecular formula is C31H45N2O8PS. The molecule has 0 radical (unpaired) electrons. The number of rotatable bonds is 19. The standard InChI is InChI=1S/C31H45N2O8PS/c1-4-7-17-42(18-8-5-2,19-9-6-3)28(30(37)38)33-27(36)26(32-25(35)20-41-22-13-11-10-12-14-22)29(33)43-21-24(34)23-15-16-40-31(23)39/h10-14,23,26,29H,4-9,15-21H2,1-3H3,(H,32,35)(H,37,38)/t23?,26-,29-/m1/s1. The fourth-order valence-corrected chi connectivity index (χ4v) is 12.0. The van der Waals surface area contributed by atoms with Crippen molar-refractivity contribution < 1.29 is 38.6 Å². The Labute approximate surface area is 258 Å². The van der Waals surface area contributed by atoms with Crippen LogP contribution in [0.1, 0.15) is 65.7 Å². The average Bonchev–Trinajstić information content (AvgIpc) is 3.44. The van der Waals surface area contributed by atoms with Gasteiger partial charge in [-0.25, -0.2) is 4.79 Å². The maximum Gasteiger partial charge on any atom is 0.352 e. The quantitative estimate of drug-likeness (QED) is 0.0989. The number of nitrogens with one attached hydrogen (secondary N) is 1. The summed E-state index contributed by atoms with van der Waals surface area (Å²) in [5.41, 5.74) is 0.157. The highest BCUT2D eigenvalue weighted by molar-refractivity contribution is 8.00. The summed E-state index contributed by atoms with van der Waals surface area (Å²) in [7, 11) is 0. The van der Waals surface area contributed by atoms with Crippen LogP contribution in [0.25, 0.3) is 0 Å². The van der Waals surface area contributed by atoms with E-state index in [9.17, 15) is 29.1 Å². The summed E-state index contributed by atoms with van der Waals surface area (Å²) in [5, 5.41) is 12.6. The van der Waals surface area contributed by atoms with Gasteiger partial charge in [-0.1, -0.05) is 65.1 Å². The van der Waals surface area contributed by atoms with Gasteiger partial charge in [0.25, 0.3) is 11.8 Å². The number of esters is 1. The summed E-state index contributed by atoms with van der Waals surface area (Å²) < 4.78 is 10.5. The third kappa shape index (κ3) is 8.88. The van der Waals surface area contributed by atoms with Gasteiger partial charge in [-0.3, -0.25) is 24.1 Å². The summed E-state index contributed by atoms with van der Waals surface area (Å²) in [5.74, 6) is -3.50. The first-order chi connectivity index (χ1) is 20.7. The number of ketones is 1. The lowest BCUT2D eigenvalue weighted by molar-refractivity contribution is -0.145. The molecule has 2 heterocycles. The van der Waals surface area contributed by atoms with E-state index < -0.39 is 48.0 Å². The first kappa shape index (κ1) is 34.7. The zero-order valence-electron chi connectivity index (χ0n) is 25.4. The minimum absolute atomic E-state index is 0.113. The Morgan fingerprint density at radius 2 is 1.63 bits per heavy atom. The third-order valence-corrected chi connectivity index (χ3v) is 14.0. The van der Waals surface area contributed by atoms with Crippen LogP contribution in [0.15, 0.2) is 30.3 Å². The molecule has 3 atom stereocenters. The summed E-state index contributed by atoms with van der Waals surface area (Å²) in [6.45, 7) is 3.80. The van der Waals surface area contributed by atoms with Gasteiger partial charge in [0.05, 0.1) is 12.4 Å². The number of Topliss-reactive ketones (excluding diaryl/α,β-unsaturated/α-hetero) is 1. The molecule has 1 aromatic carbocycles. The van der Waals surface area contributed by atoms with E-state index in [2.05, 4.69) is 26.1 Å². The highest BCUT2D eigenvalue weighted by atomic mass is 32.2. The van der Waals surface area contributed by atoms with Gasteiger partial charge >= 0.3 is 11.9 Å². The van der Waals surface area contributed by atoms with Gasteiger partial charge in [-0.05, 0) is 49.9 Å². The van der Waals surface area contributed by atoms with Crippen LogP contribution in [-0.4, -0.2) is 93.8 Å². The van der Waals surface area contributed by atoms with Crippen molar-refractivity contribution in [2.45, 2.75) is 77.1 Å². The number of nitrogens with zero attached hydrogens (tertiary/aromatic N) is 1. The minimum Gasteiger partial charge on any atom is -0.484 e. The number of β-lactam (4-membered cyclic amide) rings is 1. The molecule has 3 rings (SSSR count). The van der Waals surface area contributed by atoms with Gasteiger partial charge in [0.15, 0.2) is 12.4 Å². The second-order valence-electron chi connectivity index (χ2n) is 11.0. The Hall–Kier alpha value is -2.78. The van der Waals surface area contributed by atoms with Crippen molar-refractivity contribution in [2.24, 2.45) is 5.92 Å². The lowest BCUT2D eigenvalue weighted by Gasteiger charge is -2.49. The molecule has 0 spiro atoms. The molecule has 2 saturated heterocycles. The van der Waals surface area contributed by atoms with Crippen LogP contribution >= 0.6 is 18.6 Å². The van der Waals surface area contributed by atoms with E-state index in [0.29, 0.717) is 12.2 Å². The number of hydrogen-bond acceptors (Lipinski definition) is 8. The topological polar surface area (TPSA) is 139 Å². The number of benzene rings is 1. The van der Waals surface area contributed by atoms with Gasteiger partial charge in [-0.2, -0.15) is 0 Å². The predicted octanol–water partition coefficient (Wildman–Crippen LogP) is 4.22. The van der Waals surface area contributed by atoms with Gasteiger partial charge in [0.2, 0.25) is 0 Å². The smallest absolute Gasteiger partial charge is 0.352 e. The Bertz CT molecular complexity index is 1180. The Balaban J connectivity index is 1.95. The van der Waals surface area contributed by atoms with Crippen molar-refractivity contribution in [3.8, 4) is 5.75 Å². The zero-order chi connectivity index (χ0) is 31.4. The minimum atomic E-state index is -2.29. The molecule has 1 unspecified atom stereocenters. The number of hydrogen-bond donors (Lipinski definition) is 2. The lowest BCUT2D eigenvalue weighted by Crippen LogP contribution is -2.72. The number of amides is 2. The lowest BCUT2D eigenvalue weighted by atomic mass is 10.0. The molecule has 0 saturated carbocycles. The molecule has 2 amide bonds. The molecule has 43 heavy (non-hydrogen) atoms. The maximum atomic E-state index is 13.8. The molecule has 2 N–H and O–H groups in total. The van der Waals surface area contributed by atoms with Gasteiger partial charge < -0.3 is 19.9 Å². The molecule has 238 valence electrons. The zero-order valence-corrected chi connectivity index (χ0v) is 27.1. The summed E-state index contributed by atoms with van der Waals surface area (Å²) in [6, 6.07) is 7.77. The van der Waals surface area contributed by atoms with E-state index in [0.717, 1.165) is 68.8 Å². The number of thioether (sulfide) groups is 1. The fourth-order valence-electron chi connectivity index (χ4n) is 5.50. The number of para-hydroxylation sites is 1. The highest BCUT2D eigenvalue weighted by Gasteiger charge is 2.53. The van der Waals surface area contributed by atoms with E-state index >= 15 is 0 Å². The summed E-state index contributed by atoms with van der Waals surface area (Å²) in [6.07, 6.45) is 7.81. The number of aliphatic carboxylic acids is 1. The second kappa shape index (κ2) is 16.9. The van der Waals surface area contributed by atoms with Gasteiger partial charge in [-0.15, -0.1) is 11.8 Å². The van der Waals surface area contributed by atoms with Crippen LogP contribution in [-0.2, 0) is 28.7 Å². The molecule has 0 aliphatic carbocycles. The summed E-state index contributed by atoms with van der Waals surface area (Å²) >= 11 is 1.10. The Kier molecular flexibility index (Phi) is 13.6. The number of ether oxygens (including phenoxy) is 2. The molecule has 2 aliphatic rings. The van der Waals surface area contributed by atoms with E-state index in [-0.39, 0.29) is 30.2 Å². The molecule has 2 fully saturated rings. The average molecular weight is 637 g/mol. The van der Waals surface area contributed by atoms with Crippen LogP contribution in [0.5, 0.6) is 5.75 Å². The normalized spacial score (nSPS) is 19.9. The Morgan fingerprint density at radius 3 is 2.14 bits per heavy atom. The van der Waals surface area contributed by atoms with E-state index in [1.54, 1.807) is 24.3 Å². The first-order valence-electron chi connectivity index (χ1n) is 15.3. The number of likely N-dealkylation sites (tertiary alicyclic amines) is 1. The number of carboxylic acids is 1. The number of cyclic esters (lactones) is 1. The van der Waals surface area contributed by atoms with Crippen molar-refractivity contribution in [3.63, 3.8) is 0 Å². The third-order valence-electron chi connectivity index (χ3n) is 7.88. The fraction of sp³-hybridized carbons (Fsp3) is 0.613. The largest absolute Gasteiger partial charge is 0.484 e. The van der Waals surface area contributed by atoms with Crippen LogP contribution in [0.2, 0.25) is 0 Å². The molecule has 10 nitrogen and oxygen atoms in total. The van der Waals surface area contributed by atoms with Crippen molar-refractivity contribution >= 4 is 53.6 Å². The molecule has 0 bridgehead atoms. The number of unbranched alkanes of at least 4 members (excludes halogenated alkanes) is 3. The van der Waals surface area contributed by atoms with E-state index in [1.165, 1.54) is 4.90 Å².